The molecule has 2 unspecified atom stereocenters. The van der Waals surface area contributed by atoms with Gasteiger partial charge < -0.3 is 10.2 Å². The van der Waals surface area contributed by atoms with E-state index in [1.54, 1.807) is 12.1 Å². The fraction of sp³-hybridized carbons (Fsp3) is 0.562. The lowest BCUT2D eigenvalue weighted by Crippen LogP contribution is -2.42. The van der Waals surface area contributed by atoms with Crippen molar-refractivity contribution in [2.75, 3.05) is 6.54 Å². The molecule has 2 rings (SSSR count). The van der Waals surface area contributed by atoms with Crippen LogP contribution in [0, 0.1) is 0 Å². The van der Waals surface area contributed by atoms with Gasteiger partial charge >= 0.3 is 5.97 Å². The number of hydrogen-bond acceptors (Lipinski definition) is 3. The van der Waals surface area contributed by atoms with Crippen LogP contribution in [0.2, 0.25) is 0 Å². The second-order valence-corrected chi connectivity index (χ2v) is 5.46. The van der Waals surface area contributed by atoms with Crippen molar-refractivity contribution in [3.05, 3.63) is 29.8 Å². The van der Waals surface area contributed by atoms with E-state index in [1.807, 2.05) is 12.1 Å². The molecule has 1 saturated heterocycles. The van der Waals surface area contributed by atoms with E-state index in [0.29, 0.717) is 0 Å². The van der Waals surface area contributed by atoms with Crippen LogP contribution in [0.4, 0.5) is 0 Å². The summed E-state index contributed by atoms with van der Waals surface area (Å²) in [7, 11) is 0. The highest BCUT2D eigenvalue weighted by Crippen LogP contribution is 2.31. The zero-order valence-corrected chi connectivity index (χ0v) is 12.0. The van der Waals surface area contributed by atoms with Crippen molar-refractivity contribution < 1.29 is 15.0 Å². The summed E-state index contributed by atoms with van der Waals surface area (Å²) in [6, 6.07) is 6.85. The molecule has 4 nitrogen and oxygen atoms in total. The summed E-state index contributed by atoms with van der Waals surface area (Å²) in [5, 5.41) is 18.9. The van der Waals surface area contributed by atoms with Gasteiger partial charge in [0.25, 0.3) is 0 Å². The van der Waals surface area contributed by atoms with Crippen molar-refractivity contribution in [3.63, 3.8) is 0 Å². The third-order valence-corrected chi connectivity index (χ3v) is 4.14. The number of likely N-dealkylation sites (tertiary alicyclic amines) is 1. The molecule has 0 bridgehead atoms. The first kappa shape index (κ1) is 14.9. The van der Waals surface area contributed by atoms with Gasteiger partial charge in [-0.2, -0.15) is 0 Å². The fourth-order valence-corrected chi connectivity index (χ4v) is 3.13. The van der Waals surface area contributed by atoms with Gasteiger partial charge in [-0.1, -0.05) is 31.9 Å². The first-order valence-corrected chi connectivity index (χ1v) is 7.41. The predicted molar refractivity (Wildman–Crippen MR) is 77.7 cm³/mol. The Morgan fingerprint density at radius 1 is 1.30 bits per heavy atom. The van der Waals surface area contributed by atoms with Crippen molar-refractivity contribution in [1.82, 2.24) is 4.90 Å². The smallest absolute Gasteiger partial charge is 0.320 e. The van der Waals surface area contributed by atoms with Crippen LogP contribution < -0.4 is 0 Å². The van der Waals surface area contributed by atoms with Crippen molar-refractivity contribution >= 4 is 5.97 Å². The van der Waals surface area contributed by atoms with Gasteiger partial charge in [0.2, 0.25) is 0 Å². The van der Waals surface area contributed by atoms with Crippen LogP contribution in [0.3, 0.4) is 0 Å². The normalized spacial score (nSPS) is 22.1. The quantitative estimate of drug-likeness (QED) is 0.887. The number of benzene rings is 1. The van der Waals surface area contributed by atoms with E-state index in [9.17, 15) is 15.0 Å². The van der Waals surface area contributed by atoms with Crippen LogP contribution in [-0.4, -0.2) is 33.7 Å². The van der Waals surface area contributed by atoms with Gasteiger partial charge in [-0.15, -0.1) is 0 Å². The molecular weight excluding hydrogens is 254 g/mol. The Labute approximate surface area is 120 Å². The molecule has 0 aliphatic carbocycles. The number of carboxylic acid groups (broad SMARTS) is 1. The third kappa shape index (κ3) is 3.31. The molecule has 0 saturated carbocycles. The highest BCUT2D eigenvalue weighted by Gasteiger charge is 2.32. The number of aliphatic carboxylic acids is 1. The lowest BCUT2D eigenvalue weighted by Gasteiger charge is -2.34. The van der Waals surface area contributed by atoms with Crippen molar-refractivity contribution in [2.45, 2.75) is 51.1 Å². The molecule has 1 aliphatic rings. The SMILES string of the molecule is CCC(c1ccc(O)cc1)N1CCCCCC1C(=O)O. The summed E-state index contributed by atoms with van der Waals surface area (Å²) in [6.45, 7) is 2.91. The molecule has 1 aromatic rings. The van der Waals surface area contributed by atoms with E-state index in [0.717, 1.165) is 44.2 Å². The third-order valence-electron chi connectivity index (χ3n) is 4.14. The Morgan fingerprint density at radius 2 is 2.00 bits per heavy atom. The van der Waals surface area contributed by atoms with Crippen molar-refractivity contribution in [3.8, 4) is 5.75 Å². The number of carboxylic acids is 1. The lowest BCUT2D eigenvalue weighted by molar-refractivity contribution is -0.144. The number of carbonyl (C=O) groups is 1. The molecule has 1 heterocycles. The first-order valence-electron chi connectivity index (χ1n) is 7.41. The average molecular weight is 277 g/mol. The monoisotopic (exact) mass is 277 g/mol. The Kier molecular flexibility index (Phi) is 5.01. The summed E-state index contributed by atoms with van der Waals surface area (Å²) in [5.74, 6) is -0.474. The zero-order chi connectivity index (χ0) is 14.5. The summed E-state index contributed by atoms with van der Waals surface area (Å²) in [6.07, 6.45) is 4.74. The predicted octanol–water partition coefficient (Wildman–Crippen LogP) is 3.17. The second kappa shape index (κ2) is 6.75. The van der Waals surface area contributed by atoms with E-state index in [-0.39, 0.29) is 11.8 Å². The number of nitrogens with zero attached hydrogens (tertiary/aromatic N) is 1. The van der Waals surface area contributed by atoms with Gasteiger partial charge in [0.05, 0.1) is 0 Å². The van der Waals surface area contributed by atoms with E-state index in [1.165, 1.54) is 0 Å². The van der Waals surface area contributed by atoms with Gasteiger partial charge in [-0.3, -0.25) is 9.69 Å². The maximum absolute atomic E-state index is 11.5. The highest BCUT2D eigenvalue weighted by molar-refractivity contribution is 5.73. The maximum atomic E-state index is 11.5. The molecule has 20 heavy (non-hydrogen) atoms. The lowest BCUT2D eigenvalue weighted by atomic mass is 9.99. The number of phenolic OH excluding ortho intramolecular Hbond substituents is 1. The van der Waals surface area contributed by atoms with E-state index in [4.69, 9.17) is 0 Å². The minimum Gasteiger partial charge on any atom is -0.508 e. The molecule has 1 fully saturated rings. The standard InChI is InChI=1S/C16H23NO3/c1-2-14(12-7-9-13(18)10-8-12)17-11-5-3-4-6-15(17)16(19)20/h7-10,14-15,18H,2-6,11H2,1H3,(H,19,20). The van der Waals surface area contributed by atoms with Crippen molar-refractivity contribution in [2.24, 2.45) is 0 Å². The largest absolute Gasteiger partial charge is 0.508 e. The van der Waals surface area contributed by atoms with Gasteiger partial charge in [-0.25, -0.2) is 0 Å². The molecule has 0 amide bonds. The highest BCUT2D eigenvalue weighted by atomic mass is 16.4. The van der Waals surface area contributed by atoms with E-state index in [2.05, 4.69) is 11.8 Å². The molecule has 2 atom stereocenters. The molecule has 4 heteroatoms. The van der Waals surface area contributed by atoms with Crippen LogP contribution in [0.25, 0.3) is 0 Å². The summed E-state index contributed by atoms with van der Waals surface area (Å²) < 4.78 is 0. The van der Waals surface area contributed by atoms with Gasteiger partial charge in [0.1, 0.15) is 11.8 Å². The molecule has 110 valence electrons. The number of aromatic hydroxyl groups is 1. The topological polar surface area (TPSA) is 60.8 Å². The molecule has 0 radical (unpaired) electrons. The fourth-order valence-electron chi connectivity index (χ4n) is 3.13. The number of hydrogen-bond donors (Lipinski definition) is 2. The van der Waals surface area contributed by atoms with Gasteiger partial charge in [-0.05, 0) is 43.5 Å². The Bertz CT molecular complexity index is 444. The van der Waals surface area contributed by atoms with Crippen LogP contribution in [0.15, 0.2) is 24.3 Å². The molecular formula is C16H23NO3. The van der Waals surface area contributed by atoms with Crippen LogP contribution in [-0.2, 0) is 4.79 Å². The van der Waals surface area contributed by atoms with Crippen LogP contribution >= 0.6 is 0 Å². The molecule has 1 aliphatic heterocycles. The summed E-state index contributed by atoms with van der Waals surface area (Å²) in [5.41, 5.74) is 1.08. The van der Waals surface area contributed by atoms with E-state index < -0.39 is 12.0 Å². The first-order chi connectivity index (χ1) is 9.63. The van der Waals surface area contributed by atoms with E-state index >= 15 is 0 Å². The van der Waals surface area contributed by atoms with Gasteiger partial charge in [0.15, 0.2) is 0 Å². The Hall–Kier alpha value is -1.55. The van der Waals surface area contributed by atoms with Crippen LogP contribution in [0.5, 0.6) is 5.75 Å². The van der Waals surface area contributed by atoms with Crippen LogP contribution in [0.1, 0.15) is 50.6 Å². The number of rotatable bonds is 4. The summed E-state index contributed by atoms with van der Waals surface area (Å²) in [4.78, 5) is 13.7. The van der Waals surface area contributed by atoms with Gasteiger partial charge in [0, 0.05) is 6.04 Å². The minimum atomic E-state index is -0.718. The van der Waals surface area contributed by atoms with Crippen molar-refractivity contribution in [1.29, 1.82) is 0 Å². The zero-order valence-electron chi connectivity index (χ0n) is 12.0. The molecule has 2 N–H and O–H groups in total. The molecule has 0 aromatic heterocycles. The summed E-state index contributed by atoms with van der Waals surface area (Å²) >= 11 is 0. The Balaban J connectivity index is 2.26. The maximum Gasteiger partial charge on any atom is 0.320 e. The molecule has 0 spiro atoms. The Morgan fingerprint density at radius 3 is 2.60 bits per heavy atom. The minimum absolute atomic E-state index is 0.106. The number of phenols is 1. The second-order valence-electron chi connectivity index (χ2n) is 5.46. The molecule has 1 aromatic carbocycles. The average Bonchev–Trinajstić information content (AvgIpc) is 2.68.